The summed E-state index contributed by atoms with van der Waals surface area (Å²) in [7, 11) is 0. The summed E-state index contributed by atoms with van der Waals surface area (Å²) >= 11 is 0. The molecule has 0 unspecified atom stereocenters. The number of piperidine rings is 1. The summed E-state index contributed by atoms with van der Waals surface area (Å²) in [5, 5.41) is 12.4. The number of hydrogen-bond donors (Lipinski definition) is 2. The predicted octanol–water partition coefficient (Wildman–Crippen LogP) is 2.84. The zero-order valence-electron chi connectivity index (χ0n) is 14.0. The van der Waals surface area contributed by atoms with Crippen LogP contribution in [0.4, 0.5) is 5.69 Å². The van der Waals surface area contributed by atoms with E-state index in [9.17, 15) is 9.90 Å². The fraction of sp³-hybridized carbons (Fsp3) is 0.421. The highest BCUT2D eigenvalue weighted by Crippen LogP contribution is 2.15. The van der Waals surface area contributed by atoms with Crippen LogP contribution in [0.5, 0.6) is 0 Å². The minimum absolute atomic E-state index is 0.122. The van der Waals surface area contributed by atoms with E-state index < -0.39 is 0 Å². The highest BCUT2D eigenvalue weighted by atomic mass is 16.3. The first-order valence-electron chi connectivity index (χ1n) is 8.46. The Morgan fingerprint density at radius 2 is 1.96 bits per heavy atom. The Bertz CT molecular complexity index is 670. The van der Waals surface area contributed by atoms with E-state index in [1.54, 1.807) is 13.0 Å². The maximum absolute atomic E-state index is 12.1. The van der Waals surface area contributed by atoms with Gasteiger partial charge in [0.2, 0.25) is 0 Å². The minimum Gasteiger partial charge on any atom is -0.469 e. The molecule has 0 aliphatic carbocycles. The molecule has 1 aliphatic rings. The number of aliphatic hydroxyl groups excluding tert-OH is 1. The van der Waals surface area contributed by atoms with Crippen LogP contribution in [-0.2, 0) is 6.42 Å². The molecule has 0 bridgehead atoms. The number of carbonyl (C=O) groups is 1. The van der Waals surface area contributed by atoms with Gasteiger partial charge in [-0.25, -0.2) is 0 Å². The van der Waals surface area contributed by atoms with Crippen LogP contribution in [0.15, 0.2) is 41.0 Å². The molecule has 2 N–H and O–H groups in total. The number of aliphatic hydroxyl groups is 1. The molecule has 2 heterocycles. The third kappa shape index (κ3) is 4.24. The van der Waals surface area contributed by atoms with Crippen molar-refractivity contribution in [2.24, 2.45) is 0 Å². The van der Waals surface area contributed by atoms with E-state index in [0.29, 0.717) is 11.3 Å². The number of nitrogens with zero attached hydrogens (tertiary/aromatic N) is 1. The van der Waals surface area contributed by atoms with Crippen molar-refractivity contribution in [3.05, 3.63) is 53.5 Å². The van der Waals surface area contributed by atoms with Gasteiger partial charge < -0.3 is 19.7 Å². The lowest BCUT2D eigenvalue weighted by Crippen LogP contribution is -2.37. The molecular formula is C19H24N2O3. The summed E-state index contributed by atoms with van der Waals surface area (Å²) < 4.78 is 5.16. The second kappa shape index (κ2) is 7.64. The number of amides is 1. The quantitative estimate of drug-likeness (QED) is 0.886. The lowest BCUT2D eigenvalue weighted by Gasteiger charge is -2.29. The van der Waals surface area contributed by atoms with E-state index in [4.69, 9.17) is 4.42 Å². The maximum Gasteiger partial charge on any atom is 0.259 e. The smallest absolute Gasteiger partial charge is 0.259 e. The SMILES string of the molecule is Cc1occc1C(=O)Nc1ccc(CCN2CCC(O)CC2)cc1. The summed E-state index contributed by atoms with van der Waals surface area (Å²) in [5.74, 6) is 0.469. The van der Waals surface area contributed by atoms with Gasteiger partial charge >= 0.3 is 0 Å². The summed E-state index contributed by atoms with van der Waals surface area (Å²) in [6.45, 7) is 4.73. The molecule has 1 aromatic heterocycles. The number of nitrogens with one attached hydrogen (secondary N) is 1. The van der Waals surface area contributed by atoms with Crippen LogP contribution in [0.2, 0.25) is 0 Å². The molecule has 0 spiro atoms. The van der Waals surface area contributed by atoms with Crippen molar-refractivity contribution in [3.8, 4) is 0 Å². The number of benzene rings is 1. The average Bonchev–Trinajstić information content (AvgIpc) is 3.02. The topological polar surface area (TPSA) is 65.7 Å². The standard InChI is InChI=1S/C19H24N2O3/c1-14-18(9-13-24-14)19(23)20-16-4-2-15(3-5-16)6-10-21-11-7-17(22)8-12-21/h2-5,9,13,17,22H,6-8,10-12H2,1H3,(H,20,23). The molecule has 0 saturated carbocycles. The Hall–Kier alpha value is -2.11. The molecule has 128 valence electrons. The summed E-state index contributed by atoms with van der Waals surface area (Å²) in [4.78, 5) is 14.5. The molecule has 1 amide bonds. The van der Waals surface area contributed by atoms with Crippen molar-refractivity contribution in [2.75, 3.05) is 25.0 Å². The third-order valence-electron chi connectivity index (χ3n) is 4.59. The second-order valence-corrected chi connectivity index (χ2v) is 6.36. The van der Waals surface area contributed by atoms with Gasteiger partial charge in [0.15, 0.2) is 0 Å². The van der Waals surface area contributed by atoms with E-state index in [1.165, 1.54) is 11.8 Å². The van der Waals surface area contributed by atoms with Crippen LogP contribution in [0.25, 0.3) is 0 Å². The fourth-order valence-electron chi connectivity index (χ4n) is 3.00. The molecule has 1 saturated heterocycles. The number of aryl methyl sites for hydroxylation is 1. The number of carbonyl (C=O) groups excluding carboxylic acids is 1. The van der Waals surface area contributed by atoms with Gasteiger partial charge in [0.25, 0.3) is 5.91 Å². The van der Waals surface area contributed by atoms with Crippen molar-refractivity contribution in [1.82, 2.24) is 4.90 Å². The zero-order chi connectivity index (χ0) is 16.9. The zero-order valence-corrected chi connectivity index (χ0v) is 14.0. The molecule has 0 radical (unpaired) electrons. The van der Waals surface area contributed by atoms with Gasteiger partial charge in [0, 0.05) is 25.3 Å². The first kappa shape index (κ1) is 16.7. The van der Waals surface area contributed by atoms with Gasteiger partial charge in [-0.05, 0) is 49.9 Å². The van der Waals surface area contributed by atoms with Crippen molar-refractivity contribution in [1.29, 1.82) is 0 Å². The van der Waals surface area contributed by atoms with Crippen molar-refractivity contribution in [2.45, 2.75) is 32.3 Å². The van der Waals surface area contributed by atoms with Crippen LogP contribution >= 0.6 is 0 Å². The summed E-state index contributed by atoms with van der Waals surface area (Å²) in [5.41, 5.74) is 2.59. The first-order chi connectivity index (χ1) is 11.6. The van der Waals surface area contributed by atoms with Gasteiger partial charge in [-0.2, -0.15) is 0 Å². The Balaban J connectivity index is 1.50. The number of likely N-dealkylation sites (tertiary alicyclic amines) is 1. The molecule has 0 atom stereocenters. The molecule has 3 rings (SSSR count). The lowest BCUT2D eigenvalue weighted by atomic mass is 10.1. The number of hydrogen-bond acceptors (Lipinski definition) is 4. The Kier molecular flexibility index (Phi) is 5.33. The first-order valence-corrected chi connectivity index (χ1v) is 8.46. The molecule has 1 fully saturated rings. The molecule has 2 aromatic rings. The summed E-state index contributed by atoms with van der Waals surface area (Å²) in [6, 6.07) is 9.65. The van der Waals surface area contributed by atoms with Crippen LogP contribution < -0.4 is 5.32 Å². The molecule has 5 nitrogen and oxygen atoms in total. The van der Waals surface area contributed by atoms with Crippen LogP contribution in [0, 0.1) is 6.92 Å². The molecule has 5 heteroatoms. The monoisotopic (exact) mass is 328 g/mol. The van der Waals surface area contributed by atoms with Crippen LogP contribution in [-0.4, -0.2) is 41.7 Å². The highest BCUT2D eigenvalue weighted by molar-refractivity contribution is 6.04. The molecule has 1 aromatic carbocycles. The van der Waals surface area contributed by atoms with Gasteiger partial charge in [-0.15, -0.1) is 0 Å². The highest BCUT2D eigenvalue weighted by Gasteiger charge is 2.16. The van der Waals surface area contributed by atoms with E-state index in [2.05, 4.69) is 22.3 Å². The Labute approximate surface area is 142 Å². The average molecular weight is 328 g/mol. The van der Waals surface area contributed by atoms with Gasteiger partial charge in [0.1, 0.15) is 5.76 Å². The normalized spacial score (nSPS) is 16.2. The third-order valence-corrected chi connectivity index (χ3v) is 4.59. The number of rotatable bonds is 5. The Morgan fingerprint density at radius 3 is 2.58 bits per heavy atom. The van der Waals surface area contributed by atoms with Gasteiger partial charge in [0.05, 0.1) is 17.9 Å². The predicted molar refractivity (Wildman–Crippen MR) is 93.2 cm³/mol. The Morgan fingerprint density at radius 1 is 1.25 bits per heavy atom. The van der Waals surface area contributed by atoms with E-state index in [0.717, 1.165) is 44.6 Å². The lowest BCUT2D eigenvalue weighted by molar-refractivity contribution is 0.0832. The molecule has 24 heavy (non-hydrogen) atoms. The molecular weight excluding hydrogens is 304 g/mol. The summed E-state index contributed by atoms with van der Waals surface area (Å²) in [6.07, 6.45) is 4.12. The fourth-order valence-corrected chi connectivity index (χ4v) is 3.00. The van der Waals surface area contributed by atoms with E-state index >= 15 is 0 Å². The van der Waals surface area contributed by atoms with Gasteiger partial charge in [-0.3, -0.25) is 4.79 Å². The second-order valence-electron chi connectivity index (χ2n) is 6.36. The van der Waals surface area contributed by atoms with Gasteiger partial charge in [-0.1, -0.05) is 12.1 Å². The van der Waals surface area contributed by atoms with E-state index in [1.807, 2.05) is 12.1 Å². The minimum atomic E-state index is -0.152. The van der Waals surface area contributed by atoms with Crippen molar-refractivity contribution < 1.29 is 14.3 Å². The van der Waals surface area contributed by atoms with Crippen molar-refractivity contribution >= 4 is 11.6 Å². The van der Waals surface area contributed by atoms with Crippen LogP contribution in [0.1, 0.15) is 34.5 Å². The molecule has 1 aliphatic heterocycles. The maximum atomic E-state index is 12.1. The van der Waals surface area contributed by atoms with E-state index in [-0.39, 0.29) is 12.0 Å². The largest absolute Gasteiger partial charge is 0.469 e. The number of anilines is 1. The van der Waals surface area contributed by atoms with Crippen LogP contribution in [0.3, 0.4) is 0 Å². The number of furan rings is 1. The van der Waals surface area contributed by atoms with Crippen molar-refractivity contribution in [3.63, 3.8) is 0 Å².